The average Bonchev–Trinajstić information content (AvgIpc) is 3.31. The first-order chi connectivity index (χ1) is 14.8. The van der Waals surface area contributed by atoms with Crippen LogP contribution in [0.2, 0.25) is 0 Å². The van der Waals surface area contributed by atoms with Crippen LogP contribution in [0.5, 0.6) is 0 Å². The molecule has 0 radical (unpaired) electrons. The third kappa shape index (κ3) is 6.87. The number of aromatic nitrogens is 2. The summed E-state index contributed by atoms with van der Waals surface area (Å²) in [6, 6.07) is 11.0. The molecule has 2 atom stereocenters. The molecule has 0 amide bonds. The van der Waals surface area contributed by atoms with Gasteiger partial charge < -0.3 is 19.5 Å². The Morgan fingerprint density at radius 2 is 2.10 bits per heavy atom. The first kappa shape index (κ1) is 22.3. The van der Waals surface area contributed by atoms with Crippen molar-refractivity contribution in [2.45, 2.75) is 45.6 Å². The Balaban J connectivity index is 1.38. The van der Waals surface area contributed by atoms with E-state index in [0.717, 1.165) is 64.6 Å². The number of unbranched alkanes of at least 4 members (excludes halogenated alkanes) is 1. The Morgan fingerprint density at radius 1 is 1.23 bits per heavy atom. The number of piperidine rings is 1. The molecule has 164 valence electrons. The lowest BCUT2D eigenvalue weighted by molar-refractivity contribution is 0.134. The molecule has 0 spiro atoms. The molecule has 1 aromatic carbocycles. The van der Waals surface area contributed by atoms with E-state index in [9.17, 15) is 0 Å². The molecule has 2 aromatic rings. The lowest BCUT2D eigenvalue weighted by Crippen LogP contribution is -2.49. The van der Waals surface area contributed by atoms with Crippen LogP contribution in [0.4, 0.5) is 0 Å². The second-order valence-electron chi connectivity index (χ2n) is 8.08. The zero-order valence-electron chi connectivity index (χ0n) is 18.5. The Bertz CT molecular complexity index is 731. The van der Waals surface area contributed by atoms with Crippen LogP contribution in [0.3, 0.4) is 0 Å². The standard InChI is InChI=1S/C24H37N5O/c1-3-26-24(28-15-11-21(2)23(19-28)29-16-14-25-20-29)27-13-7-8-17-30-18-12-22-9-5-4-6-10-22/h4-6,9-10,14,16,20-21,23H,3,7-8,11-13,15,17-19H2,1-2H3,(H,26,27). The van der Waals surface area contributed by atoms with Crippen molar-refractivity contribution in [2.75, 3.05) is 39.4 Å². The Morgan fingerprint density at radius 3 is 2.87 bits per heavy atom. The summed E-state index contributed by atoms with van der Waals surface area (Å²) in [5.41, 5.74) is 1.34. The lowest BCUT2D eigenvalue weighted by Gasteiger charge is -2.39. The highest BCUT2D eigenvalue weighted by molar-refractivity contribution is 5.80. The molecule has 1 N–H and O–H groups in total. The quantitative estimate of drug-likeness (QED) is 0.367. The minimum atomic E-state index is 0.447. The third-order valence-electron chi connectivity index (χ3n) is 5.80. The predicted octanol–water partition coefficient (Wildman–Crippen LogP) is 3.77. The van der Waals surface area contributed by atoms with E-state index >= 15 is 0 Å². The van der Waals surface area contributed by atoms with Gasteiger partial charge in [0.05, 0.1) is 19.0 Å². The van der Waals surface area contributed by atoms with Crippen molar-refractivity contribution >= 4 is 5.96 Å². The summed E-state index contributed by atoms with van der Waals surface area (Å²) in [6.45, 7) is 9.84. The summed E-state index contributed by atoms with van der Waals surface area (Å²) in [5.74, 6) is 1.69. The molecule has 3 rings (SSSR count). The lowest BCUT2D eigenvalue weighted by atomic mass is 9.93. The molecule has 1 aliphatic heterocycles. The number of ether oxygens (including phenoxy) is 1. The van der Waals surface area contributed by atoms with E-state index in [2.05, 4.69) is 70.1 Å². The van der Waals surface area contributed by atoms with Gasteiger partial charge in [-0.3, -0.25) is 4.99 Å². The van der Waals surface area contributed by atoms with Crippen LogP contribution in [0, 0.1) is 5.92 Å². The maximum Gasteiger partial charge on any atom is 0.193 e. The van der Waals surface area contributed by atoms with Crippen LogP contribution in [-0.2, 0) is 11.2 Å². The summed E-state index contributed by atoms with van der Waals surface area (Å²) < 4.78 is 8.04. The SMILES string of the molecule is CCNC(=NCCCCOCCc1ccccc1)N1CCC(C)C(n2ccnc2)C1. The van der Waals surface area contributed by atoms with E-state index in [0.29, 0.717) is 12.0 Å². The van der Waals surface area contributed by atoms with Gasteiger partial charge in [0.25, 0.3) is 0 Å². The van der Waals surface area contributed by atoms with Crippen molar-refractivity contribution < 1.29 is 4.74 Å². The summed E-state index contributed by atoms with van der Waals surface area (Å²) in [4.78, 5) is 11.5. The molecule has 1 fully saturated rings. The molecule has 30 heavy (non-hydrogen) atoms. The van der Waals surface area contributed by atoms with Gasteiger partial charge in [0.2, 0.25) is 0 Å². The van der Waals surface area contributed by atoms with Crippen LogP contribution >= 0.6 is 0 Å². The minimum Gasteiger partial charge on any atom is -0.381 e. The summed E-state index contributed by atoms with van der Waals surface area (Å²) in [7, 11) is 0. The smallest absolute Gasteiger partial charge is 0.193 e. The largest absolute Gasteiger partial charge is 0.381 e. The van der Waals surface area contributed by atoms with Gasteiger partial charge >= 0.3 is 0 Å². The van der Waals surface area contributed by atoms with Gasteiger partial charge in [-0.05, 0) is 44.1 Å². The van der Waals surface area contributed by atoms with Gasteiger partial charge in [0.1, 0.15) is 0 Å². The third-order valence-corrected chi connectivity index (χ3v) is 5.80. The number of hydrogen-bond acceptors (Lipinski definition) is 3. The molecule has 0 bridgehead atoms. The van der Waals surface area contributed by atoms with Crippen molar-refractivity contribution in [3.8, 4) is 0 Å². The minimum absolute atomic E-state index is 0.447. The molecule has 0 aliphatic carbocycles. The first-order valence-corrected chi connectivity index (χ1v) is 11.4. The predicted molar refractivity (Wildman–Crippen MR) is 123 cm³/mol. The van der Waals surface area contributed by atoms with Crippen LogP contribution < -0.4 is 5.32 Å². The van der Waals surface area contributed by atoms with E-state index in [1.165, 1.54) is 12.0 Å². The number of hydrogen-bond donors (Lipinski definition) is 1. The molecule has 1 saturated heterocycles. The van der Waals surface area contributed by atoms with Gasteiger partial charge in [-0.25, -0.2) is 4.98 Å². The number of aliphatic imine (C=N–C) groups is 1. The molecule has 2 heterocycles. The summed E-state index contributed by atoms with van der Waals surface area (Å²) in [5, 5.41) is 3.48. The topological polar surface area (TPSA) is 54.7 Å². The van der Waals surface area contributed by atoms with E-state index in [-0.39, 0.29) is 0 Å². The fraction of sp³-hybridized carbons (Fsp3) is 0.583. The molecule has 6 heteroatoms. The van der Waals surface area contributed by atoms with Crippen molar-refractivity contribution in [1.29, 1.82) is 0 Å². The molecule has 2 unspecified atom stereocenters. The second kappa shape index (κ2) is 12.4. The Kier molecular flexibility index (Phi) is 9.22. The van der Waals surface area contributed by atoms with E-state index < -0.39 is 0 Å². The fourth-order valence-electron chi connectivity index (χ4n) is 3.96. The van der Waals surface area contributed by atoms with Crippen molar-refractivity contribution in [1.82, 2.24) is 19.8 Å². The second-order valence-corrected chi connectivity index (χ2v) is 8.08. The van der Waals surface area contributed by atoms with E-state index in [4.69, 9.17) is 9.73 Å². The van der Waals surface area contributed by atoms with E-state index in [1.807, 2.05) is 12.5 Å². The Labute approximate surface area is 181 Å². The highest BCUT2D eigenvalue weighted by Gasteiger charge is 2.28. The zero-order chi connectivity index (χ0) is 21.0. The number of rotatable bonds is 10. The molecular weight excluding hydrogens is 374 g/mol. The zero-order valence-corrected chi connectivity index (χ0v) is 18.5. The van der Waals surface area contributed by atoms with Crippen molar-refractivity contribution in [3.63, 3.8) is 0 Å². The van der Waals surface area contributed by atoms with Crippen molar-refractivity contribution in [3.05, 3.63) is 54.6 Å². The molecular formula is C24H37N5O. The number of benzene rings is 1. The number of nitrogens with one attached hydrogen (secondary N) is 1. The van der Waals surface area contributed by atoms with Crippen molar-refractivity contribution in [2.24, 2.45) is 10.9 Å². The van der Waals surface area contributed by atoms with Gasteiger partial charge in [0.15, 0.2) is 5.96 Å². The molecule has 6 nitrogen and oxygen atoms in total. The fourth-order valence-corrected chi connectivity index (χ4v) is 3.96. The number of imidazole rings is 1. The normalized spacial score (nSPS) is 19.8. The van der Waals surface area contributed by atoms with E-state index in [1.54, 1.807) is 0 Å². The van der Waals surface area contributed by atoms with Gasteiger partial charge in [-0.2, -0.15) is 0 Å². The van der Waals surface area contributed by atoms with Gasteiger partial charge in [0, 0.05) is 45.2 Å². The van der Waals surface area contributed by atoms with Gasteiger partial charge in [-0.15, -0.1) is 0 Å². The Hall–Kier alpha value is -2.34. The number of nitrogens with zero attached hydrogens (tertiary/aromatic N) is 4. The van der Waals surface area contributed by atoms with Crippen LogP contribution in [0.25, 0.3) is 0 Å². The number of guanidine groups is 1. The average molecular weight is 412 g/mol. The number of likely N-dealkylation sites (tertiary alicyclic amines) is 1. The highest BCUT2D eigenvalue weighted by atomic mass is 16.5. The molecule has 0 saturated carbocycles. The summed E-state index contributed by atoms with van der Waals surface area (Å²) in [6.07, 6.45) is 10.1. The van der Waals surface area contributed by atoms with Gasteiger partial charge in [-0.1, -0.05) is 37.3 Å². The highest BCUT2D eigenvalue weighted by Crippen LogP contribution is 2.27. The monoisotopic (exact) mass is 411 g/mol. The van der Waals surface area contributed by atoms with Crippen LogP contribution in [0.1, 0.15) is 44.7 Å². The first-order valence-electron chi connectivity index (χ1n) is 11.4. The molecule has 1 aromatic heterocycles. The maximum absolute atomic E-state index is 5.79. The van der Waals surface area contributed by atoms with Crippen LogP contribution in [0.15, 0.2) is 54.0 Å². The maximum atomic E-state index is 5.79. The summed E-state index contributed by atoms with van der Waals surface area (Å²) >= 11 is 0. The molecule has 1 aliphatic rings. The van der Waals surface area contributed by atoms with Crippen LogP contribution in [-0.4, -0.2) is 59.8 Å².